The smallest absolute Gasteiger partial charge is 0.134 e. The van der Waals surface area contributed by atoms with Gasteiger partial charge in [0.05, 0.1) is 9.50 Å². The average Bonchev–Trinajstić information content (AvgIpc) is 2.45. The van der Waals surface area contributed by atoms with Gasteiger partial charge in [-0.1, -0.05) is 31.5 Å². The highest BCUT2D eigenvalue weighted by atomic mass is 79.9. The van der Waals surface area contributed by atoms with Crippen LogP contribution >= 0.6 is 27.5 Å². The normalized spacial score (nSPS) is 10.9. The van der Waals surface area contributed by atoms with Crippen LogP contribution in [-0.4, -0.2) is 11.0 Å². The fraction of sp³-hybridized carbons (Fsp3) is 0.312. The third kappa shape index (κ3) is 4.99. The summed E-state index contributed by atoms with van der Waals surface area (Å²) in [5, 5.41) is 4.00. The number of pyridine rings is 1. The molecule has 1 heterocycles. The molecule has 0 bridgehead atoms. The van der Waals surface area contributed by atoms with E-state index in [9.17, 15) is 0 Å². The van der Waals surface area contributed by atoms with Crippen molar-refractivity contribution in [2.24, 2.45) is 0 Å². The van der Waals surface area contributed by atoms with Gasteiger partial charge >= 0.3 is 0 Å². The minimum Gasteiger partial charge on any atom is -0.488 e. The summed E-state index contributed by atoms with van der Waals surface area (Å²) < 4.78 is 6.75. The molecule has 21 heavy (non-hydrogen) atoms. The summed E-state index contributed by atoms with van der Waals surface area (Å²) in [6.45, 7) is 5.52. The molecule has 0 atom stereocenters. The lowest BCUT2D eigenvalue weighted by molar-refractivity contribution is 0.304. The summed E-state index contributed by atoms with van der Waals surface area (Å²) in [6.07, 6.45) is 3.33. The quantitative estimate of drug-likeness (QED) is 0.809. The number of halogens is 2. The Morgan fingerprint density at radius 2 is 2.14 bits per heavy atom. The number of nitrogens with zero attached hydrogens (tertiary/aromatic N) is 1. The molecule has 0 saturated carbocycles. The van der Waals surface area contributed by atoms with Crippen molar-refractivity contribution in [2.75, 3.05) is 0 Å². The van der Waals surface area contributed by atoms with Crippen LogP contribution in [0.1, 0.15) is 25.0 Å². The third-order valence-electron chi connectivity index (χ3n) is 2.95. The molecular weight excluding hydrogens is 352 g/mol. The summed E-state index contributed by atoms with van der Waals surface area (Å²) in [5.74, 6) is 0.802. The van der Waals surface area contributed by atoms with Gasteiger partial charge in [-0.05, 0) is 39.7 Å². The number of hydrogen-bond donors (Lipinski definition) is 1. The standard InChI is InChI=1S/C16H18BrClN2O/c1-11(2)20-8-12-3-4-16(14(17)7-12)21-10-13-5-6-19-9-15(13)18/h3-7,9,11,20H,8,10H2,1-2H3. The van der Waals surface area contributed by atoms with Gasteiger partial charge < -0.3 is 10.1 Å². The zero-order valence-corrected chi connectivity index (χ0v) is 14.4. The van der Waals surface area contributed by atoms with Gasteiger partial charge in [0.15, 0.2) is 0 Å². The van der Waals surface area contributed by atoms with Crippen LogP contribution in [0.4, 0.5) is 0 Å². The number of ether oxygens (including phenoxy) is 1. The lowest BCUT2D eigenvalue weighted by Gasteiger charge is -2.12. The second-order valence-electron chi connectivity index (χ2n) is 5.06. The van der Waals surface area contributed by atoms with Crippen LogP contribution in [0.2, 0.25) is 5.02 Å². The summed E-state index contributed by atoms with van der Waals surface area (Å²) in [4.78, 5) is 3.96. The van der Waals surface area contributed by atoms with Gasteiger partial charge in [0.2, 0.25) is 0 Å². The molecule has 112 valence electrons. The van der Waals surface area contributed by atoms with Gasteiger partial charge in [-0.2, -0.15) is 0 Å². The van der Waals surface area contributed by atoms with E-state index in [0.29, 0.717) is 17.7 Å². The number of nitrogens with one attached hydrogen (secondary N) is 1. The third-order valence-corrected chi connectivity index (χ3v) is 3.91. The van der Waals surface area contributed by atoms with E-state index in [1.165, 1.54) is 5.56 Å². The van der Waals surface area contributed by atoms with Crippen molar-refractivity contribution < 1.29 is 4.74 Å². The summed E-state index contributed by atoms with van der Waals surface area (Å²) in [6, 6.07) is 8.42. The first-order valence-electron chi connectivity index (χ1n) is 6.79. The Hall–Kier alpha value is -1.10. The number of aromatic nitrogens is 1. The maximum absolute atomic E-state index is 6.06. The van der Waals surface area contributed by atoms with Crippen LogP contribution in [0.15, 0.2) is 41.1 Å². The van der Waals surface area contributed by atoms with Crippen LogP contribution in [0.5, 0.6) is 5.75 Å². The van der Waals surface area contributed by atoms with Gasteiger partial charge in [0, 0.05) is 30.5 Å². The maximum Gasteiger partial charge on any atom is 0.134 e. The molecule has 0 unspecified atom stereocenters. The van der Waals surface area contributed by atoms with Crippen molar-refractivity contribution >= 4 is 27.5 Å². The van der Waals surface area contributed by atoms with Crippen LogP contribution in [0.3, 0.4) is 0 Å². The van der Waals surface area contributed by atoms with Crippen molar-refractivity contribution in [3.63, 3.8) is 0 Å². The highest BCUT2D eigenvalue weighted by Crippen LogP contribution is 2.27. The molecule has 0 fully saturated rings. The number of benzene rings is 1. The Bertz CT molecular complexity index is 605. The topological polar surface area (TPSA) is 34.1 Å². The molecule has 2 aromatic rings. The zero-order chi connectivity index (χ0) is 15.2. The van der Waals surface area contributed by atoms with Crippen LogP contribution in [0, 0.1) is 0 Å². The second-order valence-corrected chi connectivity index (χ2v) is 6.32. The average molecular weight is 370 g/mol. The molecule has 0 aliphatic rings. The van der Waals surface area contributed by atoms with Gasteiger partial charge in [-0.25, -0.2) is 0 Å². The molecule has 0 aliphatic heterocycles. The lowest BCUT2D eigenvalue weighted by atomic mass is 10.2. The highest BCUT2D eigenvalue weighted by molar-refractivity contribution is 9.10. The van der Waals surface area contributed by atoms with Crippen molar-refractivity contribution in [2.45, 2.75) is 33.0 Å². The van der Waals surface area contributed by atoms with Crippen molar-refractivity contribution in [3.8, 4) is 5.75 Å². The van der Waals surface area contributed by atoms with Gasteiger partial charge in [-0.15, -0.1) is 0 Å². The number of rotatable bonds is 6. The molecule has 1 aromatic heterocycles. The molecule has 1 aromatic carbocycles. The minimum absolute atomic E-state index is 0.420. The maximum atomic E-state index is 6.06. The molecule has 3 nitrogen and oxygen atoms in total. The molecular formula is C16H18BrClN2O. The Morgan fingerprint density at radius 1 is 1.33 bits per heavy atom. The Balaban J connectivity index is 1.99. The second kappa shape index (κ2) is 7.78. The summed E-state index contributed by atoms with van der Waals surface area (Å²) in [5.41, 5.74) is 2.13. The molecule has 0 spiro atoms. The molecule has 0 saturated heterocycles. The predicted molar refractivity (Wildman–Crippen MR) is 89.7 cm³/mol. The first-order valence-corrected chi connectivity index (χ1v) is 7.96. The van der Waals surface area contributed by atoms with E-state index in [4.69, 9.17) is 16.3 Å². The lowest BCUT2D eigenvalue weighted by Crippen LogP contribution is -2.21. The highest BCUT2D eigenvalue weighted by Gasteiger charge is 2.06. The molecule has 1 N–H and O–H groups in total. The fourth-order valence-electron chi connectivity index (χ4n) is 1.77. The monoisotopic (exact) mass is 368 g/mol. The summed E-state index contributed by atoms with van der Waals surface area (Å²) >= 11 is 9.61. The van der Waals surface area contributed by atoms with Gasteiger partial charge in [-0.3, -0.25) is 4.98 Å². The molecule has 0 aliphatic carbocycles. The summed E-state index contributed by atoms with van der Waals surface area (Å²) in [7, 11) is 0. The van der Waals surface area contributed by atoms with Crippen LogP contribution in [0.25, 0.3) is 0 Å². The van der Waals surface area contributed by atoms with E-state index < -0.39 is 0 Å². The first-order chi connectivity index (χ1) is 10.1. The van der Waals surface area contributed by atoms with E-state index in [-0.39, 0.29) is 0 Å². The van der Waals surface area contributed by atoms with Crippen LogP contribution in [-0.2, 0) is 13.2 Å². The SMILES string of the molecule is CC(C)NCc1ccc(OCc2ccncc2Cl)c(Br)c1. The van der Waals surface area contributed by atoms with Crippen molar-refractivity contribution in [1.29, 1.82) is 0 Å². The Kier molecular flexibility index (Phi) is 6.03. The molecule has 2 rings (SSSR count). The van der Waals surface area contributed by atoms with E-state index in [2.05, 4.69) is 52.2 Å². The van der Waals surface area contributed by atoms with Gasteiger partial charge in [0.25, 0.3) is 0 Å². The zero-order valence-electron chi connectivity index (χ0n) is 12.1. The van der Waals surface area contributed by atoms with E-state index in [0.717, 1.165) is 22.3 Å². The van der Waals surface area contributed by atoms with Crippen LogP contribution < -0.4 is 10.1 Å². The van der Waals surface area contributed by atoms with Crippen molar-refractivity contribution in [1.82, 2.24) is 10.3 Å². The largest absolute Gasteiger partial charge is 0.488 e. The number of hydrogen-bond acceptors (Lipinski definition) is 3. The van der Waals surface area contributed by atoms with Gasteiger partial charge in [0.1, 0.15) is 12.4 Å². The van der Waals surface area contributed by atoms with E-state index in [1.54, 1.807) is 12.4 Å². The van der Waals surface area contributed by atoms with Crippen molar-refractivity contribution in [3.05, 3.63) is 57.3 Å². The minimum atomic E-state index is 0.420. The molecule has 5 heteroatoms. The fourth-order valence-corrected chi connectivity index (χ4v) is 2.48. The Labute approximate surface area is 138 Å². The predicted octanol–water partition coefficient (Wildman–Crippen LogP) is 4.57. The van der Waals surface area contributed by atoms with E-state index >= 15 is 0 Å². The molecule has 0 radical (unpaired) electrons. The first kappa shape index (κ1) is 16.3. The molecule has 0 amide bonds. The van der Waals surface area contributed by atoms with E-state index in [1.807, 2.05) is 12.1 Å². The Morgan fingerprint density at radius 3 is 2.81 bits per heavy atom.